The van der Waals surface area contributed by atoms with Crippen LogP contribution in [0.15, 0.2) is 0 Å². The van der Waals surface area contributed by atoms with Gasteiger partial charge in [-0.05, 0) is 37.6 Å². The molecule has 1 saturated carbocycles. The van der Waals surface area contributed by atoms with Crippen LogP contribution in [0.5, 0.6) is 0 Å². The van der Waals surface area contributed by atoms with Crippen LogP contribution in [0.1, 0.15) is 52.9 Å². The number of rotatable bonds is 12. The lowest BCUT2D eigenvalue weighted by Gasteiger charge is -2.36. The largest absolute Gasteiger partial charge is 0.383 e. The molecular weight excluding hydrogens is 236 g/mol. The Morgan fingerprint density at radius 1 is 1.26 bits per heavy atom. The Morgan fingerprint density at radius 3 is 2.53 bits per heavy atom. The van der Waals surface area contributed by atoms with E-state index in [2.05, 4.69) is 31.0 Å². The second-order valence-corrected chi connectivity index (χ2v) is 6.43. The summed E-state index contributed by atoms with van der Waals surface area (Å²) in [4.78, 5) is 2.66. The number of nitrogens with zero attached hydrogens (tertiary/aromatic N) is 1. The summed E-state index contributed by atoms with van der Waals surface area (Å²) in [7, 11) is 1.80. The maximum absolute atomic E-state index is 5.27. The summed E-state index contributed by atoms with van der Waals surface area (Å²) in [5.41, 5.74) is 0.403. The van der Waals surface area contributed by atoms with Crippen LogP contribution < -0.4 is 5.32 Å². The van der Waals surface area contributed by atoms with E-state index < -0.39 is 0 Å². The van der Waals surface area contributed by atoms with Gasteiger partial charge in [0.25, 0.3) is 0 Å². The van der Waals surface area contributed by atoms with Crippen molar-refractivity contribution in [3.05, 3.63) is 0 Å². The molecule has 0 aromatic rings. The molecular formula is C16H34N2O. The fourth-order valence-corrected chi connectivity index (χ4v) is 2.92. The molecule has 1 unspecified atom stereocenters. The van der Waals surface area contributed by atoms with E-state index in [-0.39, 0.29) is 0 Å². The van der Waals surface area contributed by atoms with Crippen molar-refractivity contribution in [3.63, 3.8) is 0 Å². The van der Waals surface area contributed by atoms with E-state index in [1.165, 1.54) is 38.6 Å². The molecule has 0 heterocycles. The van der Waals surface area contributed by atoms with Gasteiger partial charge in [0.2, 0.25) is 0 Å². The number of methoxy groups -OCH3 is 1. The molecule has 1 aliphatic rings. The average Bonchev–Trinajstić information content (AvgIpc) is 3.19. The molecule has 1 aliphatic carbocycles. The Balaban J connectivity index is 2.47. The molecule has 1 rings (SSSR count). The monoisotopic (exact) mass is 270 g/mol. The van der Waals surface area contributed by atoms with Crippen molar-refractivity contribution in [2.75, 3.05) is 39.9 Å². The van der Waals surface area contributed by atoms with Gasteiger partial charge in [0.1, 0.15) is 0 Å². The van der Waals surface area contributed by atoms with Crippen LogP contribution in [0.2, 0.25) is 0 Å². The lowest BCUT2D eigenvalue weighted by Crippen LogP contribution is -2.44. The van der Waals surface area contributed by atoms with E-state index in [9.17, 15) is 0 Å². The molecule has 0 saturated heterocycles. The third kappa shape index (κ3) is 6.73. The van der Waals surface area contributed by atoms with Gasteiger partial charge in [-0.15, -0.1) is 0 Å². The quantitative estimate of drug-likeness (QED) is 0.552. The van der Waals surface area contributed by atoms with Crippen molar-refractivity contribution >= 4 is 0 Å². The number of ether oxygens (including phenoxy) is 1. The van der Waals surface area contributed by atoms with Crippen molar-refractivity contribution in [2.45, 2.75) is 58.9 Å². The van der Waals surface area contributed by atoms with Gasteiger partial charge in [-0.2, -0.15) is 0 Å². The summed E-state index contributed by atoms with van der Waals surface area (Å²) in [5.74, 6) is 0. The van der Waals surface area contributed by atoms with E-state index in [1.807, 2.05) is 0 Å². The summed E-state index contributed by atoms with van der Waals surface area (Å²) in [6, 6.07) is 0.831. The van der Waals surface area contributed by atoms with E-state index in [0.29, 0.717) is 5.41 Å². The van der Waals surface area contributed by atoms with Gasteiger partial charge < -0.3 is 10.1 Å². The highest BCUT2D eigenvalue weighted by atomic mass is 16.5. The number of hydrogen-bond acceptors (Lipinski definition) is 3. The van der Waals surface area contributed by atoms with Crippen LogP contribution in [0.4, 0.5) is 0 Å². The summed E-state index contributed by atoms with van der Waals surface area (Å²) >= 11 is 0. The fraction of sp³-hybridized carbons (Fsp3) is 1.00. The van der Waals surface area contributed by atoms with Gasteiger partial charge in [-0.3, -0.25) is 4.90 Å². The highest BCUT2D eigenvalue weighted by molar-refractivity contribution is 4.89. The Bertz CT molecular complexity index is 231. The molecule has 3 heteroatoms. The summed E-state index contributed by atoms with van der Waals surface area (Å²) < 4.78 is 5.27. The standard InChI is InChI=1S/C16H34N2O/c1-5-9-16(3,13-17-10-6-2)14-18(11-12-19-4)15-7-8-15/h15,17H,5-14H2,1-4H3. The number of nitrogens with one attached hydrogen (secondary N) is 1. The number of hydrogen-bond donors (Lipinski definition) is 1. The molecule has 0 aromatic heterocycles. The van der Waals surface area contributed by atoms with E-state index in [1.54, 1.807) is 7.11 Å². The molecule has 114 valence electrons. The molecule has 1 fully saturated rings. The van der Waals surface area contributed by atoms with Crippen molar-refractivity contribution in [1.82, 2.24) is 10.2 Å². The van der Waals surface area contributed by atoms with Crippen LogP contribution in [-0.4, -0.2) is 50.8 Å². The third-order valence-corrected chi connectivity index (χ3v) is 4.06. The highest BCUT2D eigenvalue weighted by Crippen LogP contribution is 2.32. The molecule has 3 nitrogen and oxygen atoms in total. The summed E-state index contributed by atoms with van der Waals surface area (Å²) in [6.45, 7) is 12.4. The lowest BCUT2D eigenvalue weighted by molar-refractivity contribution is 0.101. The normalized spacial score (nSPS) is 18.8. The van der Waals surface area contributed by atoms with Gasteiger partial charge in [-0.1, -0.05) is 27.2 Å². The molecule has 0 aliphatic heterocycles. The lowest BCUT2D eigenvalue weighted by atomic mass is 9.84. The predicted molar refractivity (Wildman–Crippen MR) is 82.6 cm³/mol. The van der Waals surface area contributed by atoms with Crippen LogP contribution in [0.25, 0.3) is 0 Å². The molecule has 1 atom stereocenters. The summed E-state index contributed by atoms with van der Waals surface area (Å²) in [5, 5.41) is 3.62. The second kappa shape index (κ2) is 8.93. The third-order valence-electron chi connectivity index (χ3n) is 4.06. The highest BCUT2D eigenvalue weighted by Gasteiger charge is 2.34. The SMILES string of the molecule is CCCNCC(C)(CCC)CN(CCOC)C1CC1. The molecule has 0 amide bonds. The smallest absolute Gasteiger partial charge is 0.0589 e. The Kier molecular flexibility index (Phi) is 7.96. The molecule has 0 radical (unpaired) electrons. The van der Waals surface area contributed by atoms with Crippen LogP contribution in [0.3, 0.4) is 0 Å². The predicted octanol–water partition coefficient (Wildman–Crippen LogP) is 2.90. The molecule has 0 bridgehead atoms. The van der Waals surface area contributed by atoms with Gasteiger partial charge in [-0.25, -0.2) is 0 Å². The topological polar surface area (TPSA) is 24.5 Å². The minimum Gasteiger partial charge on any atom is -0.383 e. The van der Waals surface area contributed by atoms with Crippen molar-refractivity contribution in [2.24, 2.45) is 5.41 Å². The maximum atomic E-state index is 5.27. The molecule has 19 heavy (non-hydrogen) atoms. The average molecular weight is 270 g/mol. The Labute approximate surface area is 120 Å². The van der Waals surface area contributed by atoms with Crippen molar-refractivity contribution < 1.29 is 4.74 Å². The first-order valence-electron chi connectivity index (χ1n) is 8.09. The van der Waals surface area contributed by atoms with Crippen LogP contribution in [0, 0.1) is 5.41 Å². The zero-order valence-electron chi connectivity index (χ0n) is 13.5. The van der Waals surface area contributed by atoms with Crippen molar-refractivity contribution in [1.29, 1.82) is 0 Å². The second-order valence-electron chi connectivity index (χ2n) is 6.43. The van der Waals surface area contributed by atoms with Gasteiger partial charge in [0.15, 0.2) is 0 Å². The van der Waals surface area contributed by atoms with Crippen molar-refractivity contribution in [3.8, 4) is 0 Å². The van der Waals surface area contributed by atoms with Crippen LogP contribution in [-0.2, 0) is 4.74 Å². The minimum absolute atomic E-state index is 0.403. The summed E-state index contributed by atoms with van der Waals surface area (Å²) in [6.07, 6.45) is 6.56. The zero-order chi connectivity index (χ0) is 14.1. The van der Waals surface area contributed by atoms with E-state index in [0.717, 1.165) is 32.3 Å². The van der Waals surface area contributed by atoms with Crippen LogP contribution >= 0.6 is 0 Å². The van der Waals surface area contributed by atoms with Gasteiger partial charge >= 0.3 is 0 Å². The van der Waals surface area contributed by atoms with Gasteiger partial charge in [0, 0.05) is 32.8 Å². The van der Waals surface area contributed by atoms with E-state index in [4.69, 9.17) is 4.74 Å². The molecule has 1 N–H and O–H groups in total. The first-order chi connectivity index (χ1) is 9.15. The molecule has 0 spiro atoms. The Morgan fingerprint density at radius 2 is 2.00 bits per heavy atom. The maximum Gasteiger partial charge on any atom is 0.0589 e. The Hall–Kier alpha value is -0.120. The first-order valence-corrected chi connectivity index (χ1v) is 8.09. The fourth-order valence-electron chi connectivity index (χ4n) is 2.92. The zero-order valence-corrected chi connectivity index (χ0v) is 13.5. The first kappa shape index (κ1) is 16.9. The minimum atomic E-state index is 0.403. The van der Waals surface area contributed by atoms with E-state index >= 15 is 0 Å². The van der Waals surface area contributed by atoms with Gasteiger partial charge in [0.05, 0.1) is 6.61 Å². The molecule has 0 aromatic carbocycles.